The van der Waals surface area contributed by atoms with Crippen molar-refractivity contribution in [2.45, 2.75) is 32.5 Å². The SMILES string of the molecule is CC(C)=CC1(C)NCC2CN21. The topological polar surface area (TPSA) is 15.0 Å². The third-order valence-electron chi connectivity index (χ3n) is 2.58. The first-order chi connectivity index (χ1) is 5.12. The molecule has 0 aromatic carbocycles. The van der Waals surface area contributed by atoms with E-state index in [4.69, 9.17) is 0 Å². The summed E-state index contributed by atoms with van der Waals surface area (Å²) in [6, 6.07) is 0.829. The van der Waals surface area contributed by atoms with Crippen LogP contribution >= 0.6 is 0 Å². The van der Waals surface area contributed by atoms with Crippen LogP contribution in [-0.4, -0.2) is 29.7 Å². The Labute approximate surface area is 68.3 Å². The molecule has 2 heterocycles. The number of fused-ring (bicyclic) bond motifs is 1. The van der Waals surface area contributed by atoms with E-state index in [0.29, 0.717) is 0 Å². The molecule has 2 aliphatic heterocycles. The van der Waals surface area contributed by atoms with E-state index in [1.165, 1.54) is 18.7 Å². The van der Waals surface area contributed by atoms with Crippen LogP contribution < -0.4 is 5.32 Å². The molecule has 2 nitrogen and oxygen atoms in total. The van der Waals surface area contributed by atoms with Crippen LogP contribution in [0.25, 0.3) is 0 Å². The van der Waals surface area contributed by atoms with Gasteiger partial charge in [-0.2, -0.15) is 0 Å². The maximum absolute atomic E-state index is 3.51. The third kappa shape index (κ3) is 1.10. The maximum Gasteiger partial charge on any atom is 0.0881 e. The number of hydrogen-bond donors (Lipinski definition) is 1. The van der Waals surface area contributed by atoms with Crippen LogP contribution in [0.1, 0.15) is 20.8 Å². The standard InChI is InChI=1S/C9H16N2/c1-7(2)4-9(3)10-5-8-6-11(8)9/h4,8,10H,5-6H2,1-3H3. The van der Waals surface area contributed by atoms with E-state index < -0.39 is 0 Å². The van der Waals surface area contributed by atoms with Crippen molar-refractivity contribution in [1.82, 2.24) is 10.2 Å². The zero-order chi connectivity index (χ0) is 8.06. The Morgan fingerprint density at radius 1 is 1.64 bits per heavy atom. The Morgan fingerprint density at radius 2 is 2.36 bits per heavy atom. The van der Waals surface area contributed by atoms with E-state index in [9.17, 15) is 0 Å². The van der Waals surface area contributed by atoms with Gasteiger partial charge in [0.2, 0.25) is 0 Å². The molecular weight excluding hydrogens is 136 g/mol. The smallest absolute Gasteiger partial charge is 0.0881 e. The summed E-state index contributed by atoms with van der Waals surface area (Å²) in [4.78, 5) is 2.50. The number of allylic oxidation sites excluding steroid dienone is 1. The highest BCUT2D eigenvalue weighted by Crippen LogP contribution is 2.34. The Balaban J connectivity index is 2.15. The second kappa shape index (κ2) is 2.08. The summed E-state index contributed by atoms with van der Waals surface area (Å²) in [5, 5.41) is 3.51. The van der Waals surface area contributed by atoms with E-state index in [0.717, 1.165) is 6.04 Å². The van der Waals surface area contributed by atoms with Crippen molar-refractivity contribution < 1.29 is 0 Å². The molecule has 2 saturated heterocycles. The van der Waals surface area contributed by atoms with E-state index in [1.54, 1.807) is 0 Å². The largest absolute Gasteiger partial charge is 0.294 e. The fourth-order valence-corrected chi connectivity index (χ4v) is 2.05. The Kier molecular flexibility index (Phi) is 1.38. The molecule has 0 aromatic rings. The summed E-state index contributed by atoms with van der Waals surface area (Å²) in [7, 11) is 0. The predicted octanol–water partition coefficient (Wildman–Crippen LogP) is 0.956. The molecular formula is C9H16N2. The lowest BCUT2D eigenvalue weighted by molar-refractivity contribution is 0.310. The van der Waals surface area contributed by atoms with Crippen molar-refractivity contribution in [2.24, 2.45) is 0 Å². The Bertz CT molecular complexity index is 206. The summed E-state index contributed by atoms with van der Waals surface area (Å²) in [5.41, 5.74) is 1.57. The first-order valence-corrected chi connectivity index (χ1v) is 4.30. The quantitative estimate of drug-likeness (QED) is 0.444. The van der Waals surface area contributed by atoms with Crippen molar-refractivity contribution in [3.8, 4) is 0 Å². The fourth-order valence-electron chi connectivity index (χ4n) is 2.05. The molecule has 1 N–H and O–H groups in total. The molecule has 0 aromatic heterocycles. The van der Waals surface area contributed by atoms with Gasteiger partial charge in [-0.15, -0.1) is 0 Å². The summed E-state index contributed by atoms with van der Waals surface area (Å²) >= 11 is 0. The molecule has 3 unspecified atom stereocenters. The van der Waals surface area contributed by atoms with Gasteiger partial charge in [0.1, 0.15) is 0 Å². The molecule has 11 heavy (non-hydrogen) atoms. The summed E-state index contributed by atoms with van der Waals surface area (Å²) < 4.78 is 0. The van der Waals surface area contributed by atoms with Crippen LogP contribution in [0, 0.1) is 0 Å². The van der Waals surface area contributed by atoms with E-state index in [1.807, 2.05) is 0 Å². The van der Waals surface area contributed by atoms with Gasteiger partial charge < -0.3 is 0 Å². The second-order valence-electron chi connectivity index (χ2n) is 4.06. The van der Waals surface area contributed by atoms with Gasteiger partial charge in [-0.3, -0.25) is 10.2 Å². The summed E-state index contributed by atoms with van der Waals surface area (Å²) in [5.74, 6) is 0. The van der Waals surface area contributed by atoms with Crippen LogP contribution in [-0.2, 0) is 0 Å². The first-order valence-electron chi connectivity index (χ1n) is 4.30. The van der Waals surface area contributed by atoms with Crippen molar-refractivity contribution in [1.29, 1.82) is 0 Å². The second-order valence-corrected chi connectivity index (χ2v) is 4.06. The van der Waals surface area contributed by atoms with Crippen LogP contribution in [0.15, 0.2) is 11.6 Å². The molecule has 0 amide bonds. The van der Waals surface area contributed by atoms with Crippen LogP contribution in [0.5, 0.6) is 0 Å². The maximum atomic E-state index is 3.51. The minimum absolute atomic E-state index is 0.170. The minimum Gasteiger partial charge on any atom is -0.294 e. The van der Waals surface area contributed by atoms with Gasteiger partial charge in [-0.25, -0.2) is 0 Å². The molecule has 2 fully saturated rings. The van der Waals surface area contributed by atoms with Gasteiger partial charge in [-0.1, -0.05) is 11.6 Å². The van der Waals surface area contributed by atoms with Gasteiger partial charge in [-0.05, 0) is 20.8 Å². The molecule has 62 valence electrons. The molecule has 0 radical (unpaired) electrons. The van der Waals surface area contributed by atoms with Gasteiger partial charge in [0.25, 0.3) is 0 Å². The zero-order valence-electron chi connectivity index (χ0n) is 7.52. The van der Waals surface area contributed by atoms with Gasteiger partial charge >= 0.3 is 0 Å². The lowest BCUT2D eigenvalue weighted by atomic mass is 10.1. The van der Waals surface area contributed by atoms with Crippen molar-refractivity contribution >= 4 is 0 Å². The third-order valence-corrected chi connectivity index (χ3v) is 2.58. The molecule has 2 rings (SSSR count). The molecule has 0 aliphatic carbocycles. The van der Waals surface area contributed by atoms with Crippen molar-refractivity contribution in [2.75, 3.05) is 13.1 Å². The summed E-state index contributed by atoms with van der Waals surface area (Å²) in [6.07, 6.45) is 2.32. The number of nitrogens with one attached hydrogen (secondary N) is 1. The van der Waals surface area contributed by atoms with Gasteiger partial charge in [0.05, 0.1) is 5.66 Å². The Morgan fingerprint density at radius 3 is 2.73 bits per heavy atom. The highest BCUT2D eigenvalue weighted by atomic mass is 15.5. The minimum atomic E-state index is 0.170. The Hall–Kier alpha value is -0.340. The van der Waals surface area contributed by atoms with Crippen LogP contribution in [0.4, 0.5) is 0 Å². The normalized spacial score (nSPS) is 46.8. The molecule has 0 saturated carbocycles. The average molecular weight is 152 g/mol. The molecule has 0 bridgehead atoms. The highest BCUT2D eigenvalue weighted by molar-refractivity contribution is 5.19. The number of hydrogen-bond acceptors (Lipinski definition) is 2. The fraction of sp³-hybridized carbons (Fsp3) is 0.778. The molecule has 0 spiro atoms. The van der Waals surface area contributed by atoms with Gasteiger partial charge in [0, 0.05) is 19.1 Å². The van der Waals surface area contributed by atoms with Crippen molar-refractivity contribution in [3.05, 3.63) is 11.6 Å². The highest BCUT2D eigenvalue weighted by Gasteiger charge is 2.51. The van der Waals surface area contributed by atoms with E-state index in [-0.39, 0.29) is 5.66 Å². The van der Waals surface area contributed by atoms with E-state index >= 15 is 0 Å². The van der Waals surface area contributed by atoms with E-state index in [2.05, 4.69) is 37.1 Å². The predicted molar refractivity (Wildman–Crippen MR) is 46.3 cm³/mol. The average Bonchev–Trinajstić information content (AvgIpc) is 2.55. The summed E-state index contributed by atoms with van der Waals surface area (Å²) in [6.45, 7) is 9.02. The molecule has 2 heteroatoms. The van der Waals surface area contributed by atoms with Gasteiger partial charge in [0.15, 0.2) is 0 Å². The molecule has 2 aliphatic rings. The monoisotopic (exact) mass is 152 g/mol. The number of nitrogens with zero attached hydrogens (tertiary/aromatic N) is 1. The first kappa shape index (κ1) is 7.32. The number of rotatable bonds is 1. The lowest BCUT2D eigenvalue weighted by Gasteiger charge is -2.24. The van der Waals surface area contributed by atoms with Crippen LogP contribution in [0.3, 0.4) is 0 Å². The lowest BCUT2D eigenvalue weighted by Crippen LogP contribution is -2.42. The molecule has 3 atom stereocenters. The van der Waals surface area contributed by atoms with Crippen LogP contribution in [0.2, 0.25) is 0 Å². The zero-order valence-corrected chi connectivity index (χ0v) is 7.52. The van der Waals surface area contributed by atoms with Crippen molar-refractivity contribution in [3.63, 3.8) is 0 Å².